The molecule has 27 N–H and O–H groups in total. The molecule has 8 rings (SSSR count). The molecule has 4 amide bonds. The maximum atomic E-state index is 13.4. The van der Waals surface area contributed by atoms with Gasteiger partial charge in [0.2, 0.25) is 23.6 Å². The number of rotatable bonds is 28. The van der Waals surface area contributed by atoms with Crippen molar-refractivity contribution >= 4 is 29.6 Å². The number of aliphatic hydroxyl groups excluding tert-OH is 22. The first-order chi connectivity index (χ1) is 49.9. The third kappa shape index (κ3) is 19.0. The van der Waals surface area contributed by atoms with Crippen molar-refractivity contribution < 1.29 is 212 Å². The van der Waals surface area contributed by atoms with Gasteiger partial charge in [0, 0.05) is 34.1 Å². The molecule has 0 saturated carbocycles. The Morgan fingerprint density at radius 1 is 0.387 bits per heavy atom. The number of carboxylic acid groups (broad SMARTS) is 1. The van der Waals surface area contributed by atoms with Gasteiger partial charge in [0.1, 0.15) is 183 Å². The van der Waals surface area contributed by atoms with Gasteiger partial charge in [-0.1, -0.05) is 0 Å². The molecule has 0 aromatic rings. The van der Waals surface area contributed by atoms with E-state index in [0.717, 1.165) is 27.7 Å². The second-order valence-corrected chi connectivity index (χ2v) is 26.7. The fourth-order valence-corrected chi connectivity index (χ4v) is 13.7. The normalized spacial score (nSPS) is 47.2. The fraction of sp³-hybridized carbons (Fsp3) is 0.915. The van der Waals surface area contributed by atoms with E-state index in [1.54, 1.807) is 0 Å². The Morgan fingerprint density at radius 2 is 0.745 bits per heavy atom. The highest BCUT2D eigenvalue weighted by molar-refractivity contribution is 5.77. The number of carbonyl (C=O) groups excluding carboxylic acids is 4. The van der Waals surface area contributed by atoms with Gasteiger partial charge in [0.25, 0.3) is 5.79 Å². The minimum Gasteiger partial charge on any atom is -0.477 e. The number of hydrogen-bond acceptors (Lipinski definition) is 42. The summed E-state index contributed by atoms with van der Waals surface area (Å²) in [5.74, 6) is -9.07. The number of hydrogen-bond donors (Lipinski definition) is 27. The van der Waals surface area contributed by atoms with Gasteiger partial charge in [-0.25, -0.2) is 4.79 Å². The summed E-state index contributed by atoms with van der Waals surface area (Å²) < 4.78 is 88.4. The Balaban J connectivity index is 1.08. The molecular weight excluding hydrogens is 1450 g/mol. The van der Waals surface area contributed by atoms with Crippen LogP contribution in [0.4, 0.5) is 0 Å². The lowest BCUT2D eigenvalue weighted by molar-refractivity contribution is -0.399. The van der Waals surface area contributed by atoms with Crippen LogP contribution in [0.1, 0.15) is 41.0 Å². The van der Waals surface area contributed by atoms with Crippen LogP contribution in [0.3, 0.4) is 0 Å². The van der Waals surface area contributed by atoms with Crippen molar-refractivity contribution in [2.45, 2.75) is 292 Å². The molecule has 41 atom stereocenters. The van der Waals surface area contributed by atoms with Gasteiger partial charge < -0.3 is 210 Å². The molecule has 106 heavy (non-hydrogen) atoms. The Bertz CT molecular complexity index is 2860. The highest BCUT2D eigenvalue weighted by atomic mass is 16.8. The van der Waals surface area contributed by atoms with Crippen LogP contribution in [0.2, 0.25) is 0 Å². The summed E-state index contributed by atoms with van der Waals surface area (Å²) in [7, 11) is 0. The van der Waals surface area contributed by atoms with E-state index in [1.165, 1.54) is 6.92 Å². The standard InChI is InChI=1S/C59H98N4O43/c1-14-31(77)38(84)39(85)54(92-14)102-47-30(63-18(5)74)53(98-26(13-70)45(47)101-57-42(88)50(35(81)23(10-67)96-57)106-59(58(90)91)6-19(75)27(60-15(2)71)46(105-59)32(78)20(76)7-64)104-49-34(80)22(9-66)95-56(41(49)87)100-44-25(12-69)97-52(29(37(44)83)62-17(4)73)103-48-33(79)21(8-65)94-55(40(48)86)99-43-24(11-68)93-51(89)28(36(43)82)61-16(3)72/h14,19-57,64-70,75-89H,6-13H2,1-5H3,(H,60,71)(H,61,72)(H,62,73)(H,63,74)(H,90,91)/t14-,19-,20+,21+,22+,23+,24+,25+,26+,27+,28+,29+,30+,31+,32+,33-,34-,35-,36+,37+,38+,39-,40+,41+,42+,43+,44+,45+,46+,47+,48-,49-,50-,51+,52-,53-,54-,55-,56-,57-,59-/m0/s1. The van der Waals surface area contributed by atoms with Crippen LogP contribution in [0.5, 0.6) is 0 Å². The number of ether oxygens (including phenoxy) is 15. The minimum atomic E-state index is -3.31. The van der Waals surface area contributed by atoms with Crippen molar-refractivity contribution in [1.29, 1.82) is 0 Å². The molecule has 8 aliphatic rings. The van der Waals surface area contributed by atoms with Crippen LogP contribution in [0.15, 0.2) is 0 Å². The minimum absolute atomic E-state index is 0.754. The first-order valence-corrected chi connectivity index (χ1v) is 33.6. The summed E-state index contributed by atoms with van der Waals surface area (Å²) >= 11 is 0. The van der Waals surface area contributed by atoms with Crippen molar-refractivity contribution in [2.24, 2.45) is 0 Å². The van der Waals surface area contributed by atoms with Gasteiger partial charge in [-0.05, 0) is 6.92 Å². The predicted molar refractivity (Wildman–Crippen MR) is 327 cm³/mol. The van der Waals surface area contributed by atoms with Crippen molar-refractivity contribution in [3.8, 4) is 0 Å². The molecule has 0 spiro atoms. The lowest BCUT2D eigenvalue weighted by Crippen LogP contribution is -2.72. The largest absolute Gasteiger partial charge is 0.477 e. The molecule has 0 bridgehead atoms. The van der Waals surface area contributed by atoms with Crippen LogP contribution < -0.4 is 21.3 Å². The smallest absolute Gasteiger partial charge is 0.364 e. The van der Waals surface area contributed by atoms with Crippen molar-refractivity contribution in [3.63, 3.8) is 0 Å². The van der Waals surface area contributed by atoms with E-state index >= 15 is 0 Å². The number of amides is 4. The van der Waals surface area contributed by atoms with E-state index in [4.69, 9.17) is 71.1 Å². The maximum Gasteiger partial charge on any atom is 0.364 e. The second-order valence-electron chi connectivity index (χ2n) is 26.7. The molecule has 8 fully saturated rings. The summed E-state index contributed by atoms with van der Waals surface area (Å²) in [6, 6.07) is -7.34. The molecule has 0 aromatic carbocycles. The van der Waals surface area contributed by atoms with Gasteiger partial charge in [0.15, 0.2) is 44.0 Å². The quantitative estimate of drug-likeness (QED) is 0.0346. The molecule has 47 heteroatoms. The van der Waals surface area contributed by atoms with Gasteiger partial charge >= 0.3 is 5.97 Å². The maximum absolute atomic E-state index is 13.4. The third-order valence-electron chi connectivity index (χ3n) is 19.2. The highest BCUT2D eigenvalue weighted by Gasteiger charge is 2.63. The Hall–Kier alpha value is -4.13. The van der Waals surface area contributed by atoms with Crippen LogP contribution in [0.25, 0.3) is 0 Å². The molecule has 8 saturated heterocycles. The van der Waals surface area contributed by atoms with Crippen molar-refractivity contribution in [3.05, 3.63) is 0 Å². The number of carbonyl (C=O) groups is 5. The van der Waals surface area contributed by atoms with E-state index in [0.29, 0.717) is 0 Å². The van der Waals surface area contributed by atoms with Crippen molar-refractivity contribution in [2.75, 3.05) is 46.2 Å². The summed E-state index contributed by atoms with van der Waals surface area (Å²) in [6.45, 7) is -3.02. The molecule has 0 unspecified atom stereocenters. The number of aliphatic hydroxyl groups is 22. The van der Waals surface area contributed by atoms with E-state index < -0.39 is 333 Å². The number of aliphatic carboxylic acids is 1. The Labute approximate surface area is 600 Å². The molecular formula is C59H98N4O43. The molecule has 8 aliphatic heterocycles. The summed E-state index contributed by atoms with van der Waals surface area (Å²) in [6.07, 6.45) is -76.8. The van der Waals surface area contributed by atoms with Gasteiger partial charge in [-0.3, -0.25) is 19.2 Å². The van der Waals surface area contributed by atoms with E-state index in [9.17, 15) is 141 Å². The number of carboxylic acids is 1. The molecule has 8 heterocycles. The number of nitrogens with one attached hydrogen (secondary N) is 4. The summed E-state index contributed by atoms with van der Waals surface area (Å²) in [5.41, 5.74) is 0. The Kier molecular flexibility index (Phi) is 30.9. The second kappa shape index (κ2) is 37.5. The van der Waals surface area contributed by atoms with Gasteiger partial charge in [-0.15, -0.1) is 0 Å². The zero-order valence-electron chi connectivity index (χ0n) is 57.2. The lowest BCUT2D eigenvalue weighted by atomic mass is 9.88. The summed E-state index contributed by atoms with van der Waals surface area (Å²) in [4.78, 5) is 63.9. The first-order valence-electron chi connectivity index (χ1n) is 33.6. The van der Waals surface area contributed by atoms with E-state index in [2.05, 4.69) is 21.3 Å². The predicted octanol–water partition coefficient (Wildman–Crippen LogP) is -17.6. The molecule has 0 aliphatic carbocycles. The Morgan fingerprint density at radius 3 is 1.20 bits per heavy atom. The van der Waals surface area contributed by atoms with Crippen LogP contribution >= 0.6 is 0 Å². The van der Waals surface area contributed by atoms with E-state index in [1.807, 2.05) is 0 Å². The highest BCUT2D eigenvalue weighted by Crippen LogP contribution is 2.42. The van der Waals surface area contributed by atoms with Crippen LogP contribution in [-0.2, 0) is 95.0 Å². The first kappa shape index (κ1) is 87.4. The SMILES string of the molecule is CC(=O)N[C@@H]1[C@@H](O)[C@H](O[C@@H]2O[C@H](CO)[C@H](O)[C@H](O[C@@H]3O[C@H](CO)[C@@H](O[C@@H]4O[C@H](CO)[C@H](O)[C@H](O[C@@H]5O[C@H](CO)[C@@H](O[C@@H]6O[C@H](CO)[C@H](O)[C@H](O[C@]7(C(=O)O)C[C@H](O)[C@@H](NC(C)=O)[C@H]([C@H](O)[C@H](O)CO)O7)[C@H]6O)[C@H](O[C@@H]6O[C@@H](C)[C@@H](O)[C@@H](O)[C@@H]6O)[C@H]5NC(C)=O)[C@H]4O)[C@H](O)[C@H]3NC(C)=O)[C@H]2O)[C@@H](CO)O[C@H]1O. The monoisotopic (exact) mass is 1550 g/mol. The topological polar surface area (TPSA) is 737 Å². The van der Waals surface area contributed by atoms with Crippen LogP contribution in [0, 0.1) is 0 Å². The van der Waals surface area contributed by atoms with E-state index in [-0.39, 0.29) is 0 Å². The van der Waals surface area contributed by atoms with Crippen LogP contribution in [-0.4, -0.2) is 444 Å². The zero-order chi connectivity index (χ0) is 78.6. The average Bonchev–Trinajstić information content (AvgIpc) is 0.715. The lowest BCUT2D eigenvalue weighted by Gasteiger charge is -2.52. The average molecular weight is 1550 g/mol. The molecule has 612 valence electrons. The fourth-order valence-electron chi connectivity index (χ4n) is 13.7. The summed E-state index contributed by atoms with van der Waals surface area (Å²) in [5, 5.41) is 264. The molecule has 0 aromatic heterocycles. The van der Waals surface area contributed by atoms with Gasteiger partial charge in [-0.2, -0.15) is 0 Å². The molecule has 0 radical (unpaired) electrons. The van der Waals surface area contributed by atoms with Crippen molar-refractivity contribution in [1.82, 2.24) is 21.3 Å². The molecule has 47 nitrogen and oxygen atoms in total. The zero-order valence-corrected chi connectivity index (χ0v) is 57.2. The van der Waals surface area contributed by atoms with Gasteiger partial charge in [0.05, 0.1) is 64.5 Å². The third-order valence-corrected chi connectivity index (χ3v) is 19.2.